The number of ether oxygens (including phenoxy) is 2. The maximum atomic E-state index is 11.7. The number of carbonyl (C=O) groups excluding carboxylic acids is 2. The van der Waals surface area contributed by atoms with E-state index in [0.717, 1.165) is 0 Å². The third-order valence-electron chi connectivity index (χ3n) is 2.74. The van der Waals surface area contributed by atoms with E-state index in [1.54, 1.807) is 0 Å². The second-order valence-electron chi connectivity index (χ2n) is 5.02. The SMILES string of the molecule is CC[C@H](C(=O)OC)[C@@H](NC(=O)OC)C(C)(C)C. The van der Waals surface area contributed by atoms with Crippen LogP contribution in [0, 0.1) is 11.3 Å². The Morgan fingerprint density at radius 3 is 2.00 bits per heavy atom. The van der Waals surface area contributed by atoms with Gasteiger partial charge in [0.15, 0.2) is 0 Å². The highest BCUT2D eigenvalue weighted by atomic mass is 16.5. The van der Waals surface area contributed by atoms with Crippen molar-refractivity contribution in [2.24, 2.45) is 11.3 Å². The van der Waals surface area contributed by atoms with Gasteiger partial charge in [-0.1, -0.05) is 27.7 Å². The first-order valence-electron chi connectivity index (χ1n) is 5.70. The largest absolute Gasteiger partial charge is 0.469 e. The normalized spacial score (nSPS) is 14.7. The van der Waals surface area contributed by atoms with E-state index in [9.17, 15) is 9.59 Å². The Labute approximate surface area is 103 Å². The maximum absolute atomic E-state index is 11.7. The van der Waals surface area contributed by atoms with E-state index in [4.69, 9.17) is 4.74 Å². The number of amides is 1. The molecule has 0 aromatic rings. The van der Waals surface area contributed by atoms with Crippen LogP contribution < -0.4 is 5.32 Å². The van der Waals surface area contributed by atoms with Crippen LogP contribution in [0.25, 0.3) is 0 Å². The predicted octanol–water partition coefficient (Wildman–Crippen LogP) is 1.96. The summed E-state index contributed by atoms with van der Waals surface area (Å²) in [6.07, 6.45) is 0.0609. The Morgan fingerprint density at radius 1 is 1.18 bits per heavy atom. The van der Waals surface area contributed by atoms with Gasteiger partial charge in [-0.05, 0) is 11.8 Å². The Bertz CT molecular complexity index is 270. The molecule has 5 heteroatoms. The molecular weight excluding hydrogens is 222 g/mol. The summed E-state index contributed by atoms with van der Waals surface area (Å²) in [7, 11) is 2.65. The first kappa shape index (κ1) is 15.7. The molecule has 0 saturated carbocycles. The van der Waals surface area contributed by atoms with Gasteiger partial charge in [-0.25, -0.2) is 4.79 Å². The lowest BCUT2D eigenvalue weighted by Gasteiger charge is -2.35. The van der Waals surface area contributed by atoms with Crippen LogP contribution in [-0.4, -0.2) is 32.3 Å². The summed E-state index contributed by atoms with van der Waals surface area (Å²) in [4.78, 5) is 23.0. The fourth-order valence-electron chi connectivity index (χ4n) is 1.80. The van der Waals surface area contributed by atoms with Gasteiger partial charge in [0.1, 0.15) is 0 Å². The smallest absolute Gasteiger partial charge is 0.407 e. The summed E-state index contributed by atoms with van der Waals surface area (Å²) < 4.78 is 9.35. The molecule has 0 heterocycles. The minimum Gasteiger partial charge on any atom is -0.469 e. The molecule has 0 aromatic carbocycles. The fraction of sp³-hybridized carbons (Fsp3) is 0.833. The molecule has 0 rings (SSSR count). The number of methoxy groups -OCH3 is 2. The molecule has 0 saturated heterocycles. The second kappa shape index (κ2) is 6.47. The van der Waals surface area contributed by atoms with E-state index >= 15 is 0 Å². The zero-order chi connectivity index (χ0) is 13.6. The van der Waals surface area contributed by atoms with Crippen molar-refractivity contribution in [2.75, 3.05) is 14.2 Å². The first-order valence-corrected chi connectivity index (χ1v) is 5.70. The van der Waals surface area contributed by atoms with Gasteiger partial charge in [-0.15, -0.1) is 0 Å². The molecule has 0 unspecified atom stereocenters. The molecule has 100 valence electrons. The third kappa shape index (κ3) is 4.63. The van der Waals surface area contributed by atoms with Crippen molar-refractivity contribution in [2.45, 2.75) is 40.2 Å². The summed E-state index contributed by atoms with van der Waals surface area (Å²) in [6, 6.07) is -0.326. The molecule has 0 bridgehead atoms. The number of alkyl carbamates (subject to hydrolysis) is 1. The van der Waals surface area contributed by atoms with Crippen LogP contribution in [0.2, 0.25) is 0 Å². The molecule has 5 nitrogen and oxygen atoms in total. The summed E-state index contributed by atoms with van der Waals surface area (Å²) >= 11 is 0. The van der Waals surface area contributed by atoms with Crippen molar-refractivity contribution in [3.63, 3.8) is 0 Å². The van der Waals surface area contributed by atoms with Gasteiger partial charge in [-0.2, -0.15) is 0 Å². The highest BCUT2D eigenvalue weighted by Gasteiger charge is 2.37. The lowest BCUT2D eigenvalue weighted by molar-refractivity contribution is -0.147. The Morgan fingerprint density at radius 2 is 1.71 bits per heavy atom. The molecule has 0 aliphatic heterocycles. The number of esters is 1. The summed E-state index contributed by atoms with van der Waals surface area (Å²) in [5.41, 5.74) is -0.261. The molecule has 0 aliphatic carbocycles. The number of carbonyl (C=O) groups is 2. The molecule has 0 radical (unpaired) electrons. The average Bonchev–Trinajstić information content (AvgIpc) is 2.26. The maximum Gasteiger partial charge on any atom is 0.407 e. The van der Waals surface area contributed by atoms with Crippen LogP contribution in [0.5, 0.6) is 0 Å². The van der Waals surface area contributed by atoms with Crippen LogP contribution in [0.1, 0.15) is 34.1 Å². The molecule has 0 aliphatic rings. The Hall–Kier alpha value is -1.26. The zero-order valence-electron chi connectivity index (χ0n) is 11.5. The van der Waals surface area contributed by atoms with Gasteiger partial charge in [0.2, 0.25) is 0 Å². The minimum absolute atomic E-state index is 0.261. The highest BCUT2D eigenvalue weighted by molar-refractivity contribution is 5.75. The minimum atomic E-state index is -0.535. The van der Waals surface area contributed by atoms with E-state index in [1.807, 2.05) is 27.7 Å². The molecule has 1 N–H and O–H groups in total. The van der Waals surface area contributed by atoms with E-state index in [1.165, 1.54) is 14.2 Å². The van der Waals surface area contributed by atoms with Crippen molar-refractivity contribution >= 4 is 12.1 Å². The molecule has 17 heavy (non-hydrogen) atoms. The number of nitrogens with one attached hydrogen (secondary N) is 1. The van der Waals surface area contributed by atoms with Gasteiger partial charge in [0.05, 0.1) is 26.2 Å². The summed E-state index contributed by atoms with van der Waals surface area (Å²) in [6.45, 7) is 7.76. The quantitative estimate of drug-likeness (QED) is 0.769. The van der Waals surface area contributed by atoms with E-state index in [2.05, 4.69) is 10.1 Å². The van der Waals surface area contributed by atoms with Gasteiger partial charge in [0, 0.05) is 0 Å². The van der Waals surface area contributed by atoms with Crippen molar-refractivity contribution in [3.8, 4) is 0 Å². The zero-order valence-corrected chi connectivity index (χ0v) is 11.5. The average molecular weight is 245 g/mol. The topological polar surface area (TPSA) is 64.6 Å². The number of hydrogen-bond donors (Lipinski definition) is 1. The molecule has 0 spiro atoms. The van der Waals surface area contributed by atoms with E-state index in [-0.39, 0.29) is 23.3 Å². The predicted molar refractivity (Wildman–Crippen MR) is 64.6 cm³/mol. The molecular formula is C12H23NO4. The lowest BCUT2D eigenvalue weighted by Crippen LogP contribution is -2.51. The van der Waals surface area contributed by atoms with Crippen LogP contribution in [0.15, 0.2) is 0 Å². The lowest BCUT2D eigenvalue weighted by atomic mass is 9.78. The second-order valence-corrected chi connectivity index (χ2v) is 5.02. The van der Waals surface area contributed by atoms with Crippen molar-refractivity contribution in [1.82, 2.24) is 5.32 Å². The third-order valence-corrected chi connectivity index (χ3v) is 2.74. The molecule has 1 amide bonds. The van der Waals surface area contributed by atoms with Crippen LogP contribution in [0.3, 0.4) is 0 Å². The van der Waals surface area contributed by atoms with Crippen LogP contribution >= 0.6 is 0 Å². The number of rotatable bonds is 4. The molecule has 2 atom stereocenters. The summed E-state index contributed by atoms with van der Waals surface area (Å²) in [5, 5.41) is 2.71. The van der Waals surface area contributed by atoms with Gasteiger partial charge >= 0.3 is 12.1 Å². The molecule has 0 fully saturated rings. The van der Waals surface area contributed by atoms with Crippen molar-refractivity contribution < 1.29 is 19.1 Å². The van der Waals surface area contributed by atoms with Gasteiger partial charge < -0.3 is 14.8 Å². The van der Waals surface area contributed by atoms with Crippen LogP contribution in [-0.2, 0) is 14.3 Å². The monoisotopic (exact) mass is 245 g/mol. The van der Waals surface area contributed by atoms with E-state index in [0.29, 0.717) is 6.42 Å². The standard InChI is InChI=1S/C12H23NO4/c1-7-8(10(14)16-5)9(12(2,3)4)13-11(15)17-6/h8-9H,7H2,1-6H3,(H,13,15)/t8-,9+/m0/s1. The number of hydrogen-bond acceptors (Lipinski definition) is 4. The van der Waals surface area contributed by atoms with E-state index < -0.39 is 6.09 Å². The van der Waals surface area contributed by atoms with Crippen molar-refractivity contribution in [1.29, 1.82) is 0 Å². The molecule has 0 aromatic heterocycles. The summed E-state index contributed by atoms with van der Waals surface area (Å²) in [5.74, 6) is -0.692. The highest BCUT2D eigenvalue weighted by Crippen LogP contribution is 2.28. The van der Waals surface area contributed by atoms with Gasteiger partial charge in [-0.3, -0.25) is 4.79 Å². The van der Waals surface area contributed by atoms with Crippen LogP contribution in [0.4, 0.5) is 4.79 Å². The van der Waals surface area contributed by atoms with Gasteiger partial charge in [0.25, 0.3) is 0 Å². The first-order chi connectivity index (χ1) is 7.77. The Kier molecular flexibility index (Phi) is 5.99. The fourth-order valence-corrected chi connectivity index (χ4v) is 1.80. The Balaban J connectivity index is 5.01. The van der Waals surface area contributed by atoms with Crippen molar-refractivity contribution in [3.05, 3.63) is 0 Å².